The van der Waals surface area contributed by atoms with E-state index in [4.69, 9.17) is 5.73 Å². The second-order valence-electron chi connectivity index (χ2n) is 4.22. The Morgan fingerprint density at radius 1 is 1.00 bits per heavy atom. The van der Waals surface area contributed by atoms with Crippen molar-refractivity contribution in [1.29, 1.82) is 0 Å². The van der Waals surface area contributed by atoms with Crippen molar-refractivity contribution >= 4 is 11.8 Å². The van der Waals surface area contributed by atoms with E-state index in [1.807, 2.05) is 0 Å². The molecule has 2 aliphatic rings. The first-order valence-electron chi connectivity index (χ1n) is 5.43. The highest BCUT2D eigenvalue weighted by Crippen LogP contribution is 2.23. The molecule has 76 valence electrons. The van der Waals surface area contributed by atoms with Gasteiger partial charge in [-0.2, -0.15) is 11.8 Å². The molecule has 0 saturated carbocycles. The van der Waals surface area contributed by atoms with Crippen molar-refractivity contribution in [2.24, 2.45) is 5.73 Å². The predicted octanol–water partition coefficient (Wildman–Crippen LogP) is 1.31. The summed E-state index contributed by atoms with van der Waals surface area (Å²) in [4.78, 5) is 2.67. The number of nitrogens with two attached hydrogens (primary N) is 1. The minimum absolute atomic E-state index is 0.481. The first-order valence-corrected chi connectivity index (χ1v) is 6.59. The van der Waals surface area contributed by atoms with Gasteiger partial charge in [0.1, 0.15) is 0 Å². The number of piperidine rings is 1. The van der Waals surface area contributed by atoms with E-state index in [-0.39, 0.29) is 0 Å². The normalized spacial score (nSPS) is 29.3. The Morgan fingerprint density at radius 2 is 1.62 bits per heavy atom. The van der Waals surface area contributed by atoms with Gasteiger partial charge in [0, 0.05) is 12.1 Å². The zero-order valence-corrected chi connectivity index (χ0v) is 9.06. The highest BCUT2D eigenvalue weighted by Gasteiger charge is 2.24. The van der Waals surface area contributed by atoms with Crippen LogP contribution < -0.4 is 5.73 Å². The van der Waals surface area contributed by atoms with Gasteiger partial charge in [-0.1, -0.05) is 0 Å². The summed E-state index contributed by atoms with van der Waals surface area (Å²) in [6.07, 6.45) is 5.23. The van der Waals surface area contributed by atoms with Crippen LogP contribution in [-0.2, 0) is 0 Å². The summed E-state index contributed by atoms with van der Waals surface area (Å²) in [5, 5.41) is 0. The van der Waals surface area contributed by atoms with E-state index in [1.54, 1.807) is 0 Å². The van der Waals surface area contributed by atoms with Crippen molar-refractivity contribution in [3.8, 4) is 0 Å². The lowest BCUT2D eigenvalue weighted by atomic mass is 10.0. The molecule has 0 bridgehead atoms. The standard InChI is InChI=1S/C10H20N2S/c11-9-1-5-12(6-2-9)10-3-7-13-8-4-10/h9-10H,1-8,11H2. The van der Waals surface area contributed by atoms with Gasteiger partial charge >= 0.3 is 0 Å². The van der Waals surface area contributed by atoms with Crippen LogP contribution in [0.25, 0.3) is 0 Å². The maximum Gasteiger partial charge on any atom is 0.0111 e. The van der Waals surface area contributed by atoms with Crippen molar-refractivity contribution in [3.63, 3.8) is 0 Å². The topological polar surface area (TPSA) is 29.3 Å². The zero-order chi connectivity index (χ0) is 9.10. The van der Waals surface area contributed by atoms with Gasteiger partial charge < -0.3 is 10.6 Å². The summed E-state index contributed by atoms with van der Waals surface area (Å²) in [5.74, 6) is 2.74. The molecule has 13 heavy (non-hydrogen) atoms. The molecule has 2 heterocycles. The average molecular weight is 200 g/mol. The van der Waals surface area contributed by atoms with Gasteiger partial charge in [-0.25, -0.2) is 0 Å². The molecule has 2 fully saturated rings. The minimum Gasteiger partial charge on any atom is -0.328 e. The molecule has 0 spiro atoms. The number of hydrogen-bond acceptors (Lipinski definition) is 3. The third kappa shape index (κ3) is 2.61. The van der Waals surface area contributed by atoms with Gasteiger partial charge in [0.25, 0.3) is 0 Å². The quantitative estimate of drug-likeness (QED) is 0.692. The van der Waals surface area contributed by atoms with Crippen LogP contribution in [-0.4, -0.2) is 41.6 Å². The molecule has 2 N–H and O–H groups in total. The lowest BCUT2D eigenvalue weighted by molar-refractivity contribution is 0.145. The number of hydrogen-bond donors (Lipinski definition) is 1. The fourth-order valence-electron chi connectivity index (χ4n) is 2.33. The maximum atomic E-state index is 5.90. The molecule has 0 aromatic heterocycles. The van der Waals surface area contributed by atoms with Gasteiger partial charge in [-0.05, 0) is 50.3 Å². The fourth-order valence-corrected chi connectivity index (χ4v) is 3.42. The Morgan fingerprint density at radius 3 is 2.23 bits per heavy atom. The first-order chi connectivity index (χ1) is 6.36. The van der Waals surface area contributed by atoms with E-state index in [0.29, 0.717) is 6.04 Å². The molecule has 0 amide bonds. The van der Waals surface area contributed by atoms with Crippen LogP contribution in [0.2, 0.25) is 0 Å². The molecule has 2 rings (SSSR count). The Bertz CT molecular complexity index is 149. The molecule has 0 radical (unpaired) electrons. The van der Waals surface area contributed by atoms with Crippen LogP contribution in [0.15, 0.2) is 0 Å². The van der Waals surface area contributed by atoms with E-state index in [1.165, 1.54) is 50.3 Å². The lowest BCUT2D eigenvalue weighted by Crippen LogP contribution is -2.46. The fraction of sp³-hybridized carbons (Fsp3) is 1.00. The summed E-state index contributed by atoms with van der Waals surface area (Å²) in [7, 11) is 0. The van der Waals surface area contributed by atoms with Crippen molar-refractivity contribution < 1.29 is 0 Å². The molecule has 0 aromatic carbocycles. The van der Waals surface area contributed by atoms with E-state index in [0.717, 1.165) is 6.04 Å². The number of nitrogens with zero attached hydrogens (tertiary/aromatic N) is 1. The summed E-state index contributed by atoms with van der Waals surface area (Å²) in [6, 6.07) is 1.36. The molecular weight excluding hydrogens is 180 g/mol. The Labute approximate surface area is 85.2 Å². The largest absolute Gasteiger partial charge is 0.328 e. The molecule has 0 aromatic rings. The summed E-state index contributed by atoms with van der Waals surface area (Å²) < 4.78 is 0. The molecule has 0 unspecified atom stereocenters. The van der Waals surface area contributed by atoms with E-state index < -0.39 is 0 Å². The van der Waals surface area contributed by atoms with Crippen molar-refractivity contribution in [1.82, 2.24) is 4.90 Å². The molecule has 0 aliphatic carbocycles. The van der Waals surface area contributed by atoms with Gasteiger partial charge in [-0.15, -0.1) is 0 Å². The van der Waals surface area contributed by atoms with Crippen molar-refractivity contribution in [2.75, 3.05) is 24.6 Å². The Kier molecular flexibility index (Phi) is 3.52. The second kappa shape index (κ2) is 4.67. The number of likely N-dealkylation sites (tertiary alicyclic amines) is 1. The van der Waals surface area contributed by atoms with Crippen LogP contribution in [0, 0.1) is 0 Å². The van der Waals surface area contributed by atoms with Gasteiger partial charge in [0.15, 0.2) is 0 Å². The van der Waals surface area contributed by atoms with E-state index >= 15 is 0 Å². The highest BCUT2D eigenvalue weighted by atomic mass is 32.2. The maximum absolute atomic E-state index is 5.90. The molecule has 2 saturated heterocycles. The smallest absolute Gasteiger partial charge is 0.0111 e. The third-order valence-electron chi connectivity index (χ3n) is 3.28. The van der Waals surface area contributed by atoms with E-state index in [9.17, 15) is 0 Å². The summed E-state index contributed by atoms with van der Waals surface area (Å²) in [6.45, 7) is 2.49. The third-order valence-corrected chi connectivity index (χ3v) is 4.33. The SMILES string of the molecule is NC1CCN(C2CCSCC2)CC1. The lowest BCUT2D eigenvalue weighted by Gasteiger charge is -2.38. The highest BCUT2D eigenvalue weighted by molar-refractivity contribution is 7.99. The predicted molar refractivity (Wildman–Crippen MR) is 59.1 cm³/mol. The van der Waals surface area contributed by atoms with Gasteiger partial charge in [0.05, 0.1) is 0 Å². The van der Waals surface area contributed by atoms with Crippen molar-refractivity contribution in [3.05, 3.63) is 0 Å². The second-order valence-corrected chi connectivity index (χ2v) is 5.44. The van der Waals surface area contributed by atoms with E-state index in [2.05, 4.69) is 16.7 Å². The van der Waals surface area contributed by atoms with Crippen LogP contribution in [0.5, 0.6) is 0 Å². The number of rotatable bonds is 1. The summed E-state index contributed by atoms with van der Waals surface area (Å²) >= 11 is 2.11. The number of thioether (sulfide) groups is 1. The molecule has 2 nitrogen and oxygen atoms in total. The minimum atomic E-state index is 0.481. The van der Waals surface area contributed by atoms with Gasteiger partial charge in [-0.3, -0.25) is 0 Å². The molecule has 3 heteroatoms. The van der Waals surface area contributed by atoms with Crippen LogP contribution >= 0.6 is 11.8 Å². The van der Waals surface area contributed by atoms with Crippen LogP contribution in [0.4, 0.5) is 0 Å². The van der Waals surface area contributed by atoms with Crippen LogP contribution in [0.1, 0.15) is 25.7 Å². The molecule has 0 atom stereocenters. The monoisotopic (exact) mass is 200 g/mol. The molecular formula is C10H20N2S. The first kappa shape index (κ1) is 9.81. The van der Waals surface area contributed by atoms with Crippen molar-refractivity contribution in [2.45, 2.75) is 37.8 Å². The Balaban J connectivity index is 1.79. The van der Waals surface area contributed by atoms with Gasteiger partial charge in [0.2, 0.25) is 0 Å². The molecule has 2 aliphatic heterocycles. The average Bonchev–Trinajstić information content (AvgIpc) is 2.20. The summed E-state index contributed by atoms with van der Waals surface area (Å²) in [5.41, 5.74) is 5.90. The zero-order valence-electron chi connectivity index (χ0n) is 8.24. The van der Waals surface area contributed by atoms with Crippen LogP contribution in [0.3, 0.4) is 0 Å². The Hall–Kier alpha value is 0.270.